The molecule has 9 nitrogen and oxygen atoms in total. The first-order chi connectivity index (χ1) is 16.1. The van der Waals surface area contributed by atoms with E-state index in [9.17, 15) is 30.0 Å². The van der Waals surface area contributed by atoms with Gasteiger partial charge in [0, 0.05) is 24.2 Å². The molecule has 2 rings (SSSR count). The number of phenolic OH excluding ortho intramolecular Hbond substituents is 1. The first-order valence-electron chi connectivity index (χ1n) is 11.5. The summed E-state index contributed by atoms with van der Waals surface area (Å²) in [5.41, 5.74) is 0.875. The first kappa shape index (κ1) is 27.5. The zero-order chi connectivity index (χ0) is 25.3. The van der Waals surface area contributed by atoms with Crippen molar-refractivity contribution in [3.63, 3.8) is 0 Å². The molecule has 0 saturated carbocycles. The minimum atomic E-state index is -1.58. The van der Waals surface area contributed by atoms with Crippen molar-refractivity contribution in [3.8, 4) is 5.75 Å². The molecule has 0 bridgehead atoms. The number of ketones is 1. The lowest BCUT2D eigenvalue weighted by molar-refractivity contribution is -0.127. The number of anilines is 1. The highest BCUT2D eigenvalue weighted by atomic mass is 16.5. The van der Waals surface area contributed by atoms with Gasteiger partial charge in [-0.3, -0.25) is 4.79 Å². The van der Waals surface area contributed by atoms with Gasteiger partial charge in [-0.2, -0.15) is 0 Å². The van der Waals surface area contributed by atoms with Crippen LogP contribution >= 0.6 is 0 Å². The van der Waals surface area contributed by atoms with Crippen LogP contribution in [0.25, 0.3) is 6.08 Å². The van der Waals surface area contributed by atoms with Crippen LogP contribution in [-0.4, -0.2) is 74.9 Å². The van der Waals surface area contributed by atoms with Gasteiger partial charge < -0.3 is 35.6 Å². The van der Waals surface area contributed by atoms with Crippen LogP contribution in [0.1, 0.15) is 55.5 Å². The number of phenols is 1. The van der Waals surface area contributed by atoms with Gasteiger partial charge in [-0.25, -0.2) is 4.79 Å². The summed E-state index contributed by atoms with van der Waals surface area (Å²) in [6, 6.07) is 3.08. The van der Waals surface area contributed by atoms with Crippen LogP contribution in [0.2, 0.25) is 0 Å². The Labute approximate surface area is 199 Å². The van der Waals surface area contributed by atoms with Gasteiger partial charge in [0.05, 0.1) is 18.8 Å². The molecular formula is C25H35NO8. The van der Waals surface area contributed by atoms with E-state index in [0.29, 0.717) is 37.1 Å². The van der Waals surface area contributed by atoms with Crippen molar-refractivity contribution in [2.45, 2.75) is 63.9 Å². The lowest BCUT2D eigenvalue weighted by Crippen LogP contribution is -2.32. The maximum Gasteiger partial charge on any atom is 0.342 e. The Balaban J connectivity index is 2.27. The van der Waals surface area contributed by atoms with Gasteiger partial charge in [-0.05, 0) is 50.3 Å². The standard InChI is InChI=1S/C25H35NO8/c1-15-9-10-21(30)24(32)20(29)8-5-6-17-12-18(26-11-4-3-7-19(28)14-27)13-22(31)23(17)25(33)34-16(15)2/h5-6,9-10,12-13,15-16,19-20,24,26-29,31-32H,3-4,7-8,11,14H2,1-2H3/b6-5+,10-9-/t15-,16+,19?,20+,24+/m1/s1. The Kier molecular flexibility index (Phi) is 10.7. The number of aliphatic hydroxyl groups is 4. The van der Waals surface area contributed by atoms with Crippen molar-refractivity contribution < 1.29 is 39.9 Å². The Hall–Kier alpha value is -2.72. The molecule has 0 radical (unpaired) electrons. The maximum absolute atomic E-state index is 12.9. The topological polar surface area (TPSA) is 157 Å². The molecule has 1 aromatic rings. The number of cyclic esters (lactones) is 1. The van der Waals surface area contributed by atoms with Crippen LogP contribution in [0.3, 0.4) is 0 Å². The van der Waals surface area contributed by atoms with Crippen LogP contribution in [0.15, 0.2) is 30.4 Å². The van der Waals surface area contributed by atoms with E-state index in [1.54, 1.807) is 19.9 Å². The highest BCUT2D eigenvalue weighted by Gasteiger charge is 2.25. The molecule has 1 aromatic carbocycles. The number of carbonyl (C=O) groups is 2. The second-order valence-electron chi connectivity index (χ2n) is 8.60. The molecule has 188 valence electrons. The molecule has 0 amide bonds. The molecule has 1 aliphatic rings. The smallest absolute Gasteiger partial charge is 0.342 e. The van der Waals surface area contributed by atoms with Crippen molar-refractivity contribution in [3.05, 3.63) is 41.5 Å². The number of aromatic hydroxyl groups is 1. The second kappa shape index (κ2) is 13.2. The molecule has 1 heterocycles. The SMILES string of the molecule is C[C@@H]1/C=C\C(=O)[C@@H](O)[C@@H](O)C/C=C/c2cc(NCCCCC(O)CO)cc(O)c2C(=O)O[C@H]1C. The van der Waals surface area contributed by atoms with Crippen molar-refractivity contribution >= 4 is 23.5 Å². The average Bonchev–Trinajstić information content (AvgIpc) is 2.80. The van der Waals surface area contributed by atoms with E-state index in [0.717, 1.165) is 0 Å². The minimum Gasteiger partial charge on any atom is -0.507 e. The van der Waals surface area contributed by atoms with Crippen molar-refractivity contribution in [2.75, 3.05) is 18.5 Å². The number of hydrogen-bond acceptors (Lipinski definition) is 9. The molecule has 0 aliphatic carbocycles. The zero-order valence-electron chi connectivity index (χ0n) is 19.6. The number of carbonyl (C=O) groups excluding carboxylic acids is 2. The molecule has 0 fully saturated rings. The fourth-order valence-electron chi connectivity index (χ4n) is 3.42. The lowest BCUT2D eigenvalue weighted by atomic mass is 9.99. The van der Waals surface area contributed by atoms with Gasteiger partial charge in [0.25, 0.3) is 0 Å². The predicted molar refractivity (Wildman–Crippen MR) is 127 cm³/mol. The summed E-state index contributed by atoms with van der Waals surface area (Å²) < 4.78 is 5.51. The van der Waals surface area contributed by atoms with E-state index >= 15 is 0 Å². The van der Waals surface area contributed by atoms with Gasteiger partial charge >= 0.3 is 5.97 Å². The Morgan fingerprint density at radius 1 is 1.15 bits per heavy atom. The lowest BCUT2D eigenvalue weighted by Gasteiger charge is -2.20. The number of ether oxygens (including phenoxy) is 1. The average molecular weight is 478 g/mol. The largest absolute Gasteiger partial charge is 0.507 e. The molecule has 6 N–H and O–H groups in total. The van der Waals surface area contributed by atoms with E-state index in [-0.39, 0.29) is 30.3 Å². The number of nitrogens with one attached hydrogen (secondary N) is 1. The number of esters is 1. The Morgan fingerprint density at radius 2 is 1.88 bits per heavy atom. The summed E-state index contributed by atoms with van der Waals surface area (Å²) in [5, 5.41) is 52.3. The number of aliphatic hydroxyl groups excluding tert-OH is 4. The molecule has 1 aliphatic heterocycles. The van der Waals surface area contributed by atoms with E-state index < -0.39 is 36.2 Å². The van der Waals surface area contributed by atoms with Gasteiger partial charge in [-0.15, -0.1) is 0 Å². The summed E-state index contributed by atoms with van der Waals surface area (Å²) in [7, 11) is 0. The fourth-order valence-corrected chi connectivity index (χ4v) is 3.42. The Morgan fingerprint density at radius 3 is 2.59 bits per heavy atom. The van der Waals surface area contributed by atoms with E-state index in [1.807, 2.05) is 0 Å². The van der Waals surface area contributed by atoms with E-state index in [4.69, 9.17) is 9.84 Å². The van der Waals surface area contributed by atoms with Crippen LogP contribution in [0.5, 0.6) is 5.75 Å². The number of unbranched alkanes of at least 4 members (excludes halogenated alkanes) is 1. The van der Waals surface area contributed by atoms with Gasteiger partial charge in [0.2, 0.25) is 0 Å². The molecule has 1 unspecified atom stereocenters. The van der Waals surface area contributed by atoms with Crippen molar-refractivity contribution in [1.29, 1.82) is 0 Å². The summed E-state index contributed by atoms with van der Waals surface area (Å²) in [5.74, 6) is -1.99. The molecular weight excluding hydrogens is 442 g/mol. The number of hydrogen-bond donors (Lipinski definition) is 6. The number of fused-ring (bicyclic) bond motifs is 1. The number of benzene rings is 1. The normalized spacial score (nSPS) is 26.6. The summed E-state index contributed by atoms with van der Waals surface area (Å²) in [6.45, 7) is 3.66. The summed E-state index contributed by atoms with van der Waals surface area (Å²) >= 11 is 0. The minimum absolute atomic E-state index is 0.0286. The highest BCUT2D eigenvalue weighted by molar-refractivity contribution is 5.97. The molecule has 5 atom stereocenters. The summed E-state index contributed by atoms with van der Waals surface area (Å²) in [4.78, 5) is 25.0. The van der Waals surface area contributed by atoms with Crippen LogP contribution < -0.4 is 5.32 Å². The molecule has 0 spiro atoms. The van der Waals surface area contributed by atoms with Gasteiger partial charge in [-0.1, -0.05) is 25.2 Å². The highest BCUT2D eigenvalue weighted by Crippen LogP contribution is 2.30. The van der Waals surface area contributed by atoms with Gasteiger partial charge in [0.1, 0.15) is 23.5 Å². The monoisotopic (exact) mass is 477 g/mol. The third kappa shape index (κ3) is 7.95. The third-order valence-electron chi connectivity index (χ3n) is 5.78. The summed E-state index contributed by atoms with van der Waals surface area (Å²) in [6.07, 6.45) is 3.27. The Bertz CT molecular complexity index is 897. The van der Waals surface area contributed by atoms with E-state index in [2.05, 4.69) is 5.32 Å². The molecule has 0 aromatic heterocycles. The van der Waals surface area contributed by atoms with Crippen LogP contribution in [0.4, 0.5) is 5.69 Å². The van der Waals surface area contributed by atoms with Crippen LogP contribution in [0, 0.1) is 5.92 Å². The second-order valence-corrected chi connectivity index (χ2v) is 8.60. The van der Waals surface area contributed by atoms with Crippen LogP contribution in [-0.2, 0) is 9.53 Å². The first-order valence-corrected chi connectivity index (χ1v) is 11.5. The maximum atomic E-state index is 12.9. The third-order valence-corrected chi connectivity index (χ3v) is 5.78. The molecule has 0 saturated heterocycles. The zero-order valence-corrected chi connectivity index (χ0v) is 19.6. The van der Waals surface area contributed by atoms with Crippen molar-refractivity contribution in [1.82, 2.24) is 0 Å². The van der Waals surface area contributed by atoms with Gasteiger partial charge in [0.15, 0.2) is 5.78 Å². The van der Waals surface area contributed by atoms with E-state index in [1.165, 1.54) is 30.4 Å². The number of rotatable bonds is 7. The molecule has 9 heteroatoms. The quantitative estimate of drug-likeness (QED) is 0.254. The van der Waals surface area contributed by atoms with Crippen molar-refractivity contribution in [2.24, 2.45) is 5.92 Å². The predicted octanol–water partition coefficient (Wildman–Crippen LogP) is 1.77. The fraction of sp³-hybridized carbons (Fsp3) is 0.520. The molecule has 34 heavy (non-hydrogen) atoms.